The lowest BCUT2D eigenvalue weighted by molar-refractivity contribution is 0.282. The molecule has 0 saturated heterocycles. The molecule has 0 bridgehead atoms. The first-order valence-electron chi connectivity index (χ1n) is 7.49. The zero-order chi connectivity index (χ0) is 13.5. The Kier molecular flexibility index (Phi) is 13.6. The molecule has 0 heterocycles. The molecular weight excluding hydrogens is 220 g/mol. The minimum atomic E-state index is 0.140. The number of aliphatic hydroxyl groups excluding tert-OH is 1. The number of hydrogen-bond donors (Lipinski definition) is 1. The smallest absolute Gasteiger partial charge is 0.0681 e. The van der Waals surface area contributed by atoms with Gasteiger partial charge in [0.05, 0.1) is 6.61 Å². The van der Waals surface area contributed by atoms with Crippen LogP contribution in [0, 0.1) is 0 Å². The van der Waals surface area contributed by atoms with Gasteiger partial charge in [0.1, 0.15) is 0 Å². The second-order valence-electron chi connectivity index (χ2n) is 4.77. The highest BCUT2D eigenvalue weighted by Gasteiger charge is 1.87. The number of aliphatic hydroxyl groups is 1. The van der Waals surface area contributed by atoms with Gasteiger partial charge in [-0.05, 0) is 5.56 Å². The molecule has 0 saturated carbocycles. The lowest BCUT2D eigenvalue weighted by Gasteiger charge is -1.97. The average molecular weight is 250 g/mol. The van der Waals surface area contributed by atoms with Crippen LogP contribution < -0.4 is 0 Å². The van der Waals surface area contributed by atoms with Gasteiger partial charge in [-0.25, -0.2) is 0 Å². The Morgan fingerprint density at radius 2 is 1.17 bits per heavy atom. The molecule has 104 valence electrons. The van der Waals surface area contributed by atoms with Crippen molar-refractivity contribution in [2.45, 2.75) is 71.8 Å². The summed E-state index contributed by atoms with van der Waals surface area (Å²) in [6.07, 6.45) is 11.5. The van der Waals surface area contributed by atoms with Crippen LogP contribution in [0.1, 0.15) is 70.8 Å². The fraction of sp³-hybridized carbons (Fsp3) is 0.647. The topological polar surface area (TPSA) is 20.2 Å². The largest absolute Gasteiger partial charge is 0.392 e. The van der Waals surface area contributed by atoms with Crippen LogP contribution in [0.4, 0.5) is 0 Å². The Bertz CT molecular complexity index is 235. The van der Waals surface area contributed by atoms with Gasteiger partial charge in [-0.1, -0.05) is 95.5 Å². The highest BCUT2D eigenvalue weighted by molar-refractivity contribution is 5.12. The molecule has 0 aliphatic heterocycles. The van der Waals surface area contributed by atoms with Gasteiger partial charge in [0, 0.05) is 0 Å². The molecule has 0 spiro atoms. The Balaban J connectivity index is 0.000000327. The second kappa shape index (κ2) is 14.2. The van der Waals surface area contributed by atoms with E-state index in [1.165, 1.54) is 51.4 Å². The summed E-state index contributed by atoms with van der Waals surface area (Å²) in [6, 6.07) is 9.52. The van der Waals surface area contributed by atoms with Crippen LogP contribution >= 0.6 is 0 Å². The SMILES string of the molecule is CCCCCCCCCC.OCc1ccccc1. The van der Waals surface area contributed by atoms with E-state index in [1.54, 1.807) is 0 Å². The molecule has 0 amide bonds. The zero-order valence-electron chi connectivity index (χ0n) is 12.2. The van der Waals surface area contributed by atoms with Crippen LogP contribution in [0.5, 0.6) is 0 Å². The van der Waals surface area contributed by atoms with Crippen molar-refractivity contribution in [2.24, 2.45) is 0 Å². The Labute approximate surface area is 113 Å². The van der Waals surface area contributed by atoms with Gasteiger partial charge in [-0.2, -0.15) is 0 Å². The second-order valence-corrected chi connectivity index (χ2v) is 4.77. The maximum atomic E-state index is 8.54. The first-order valence-corrected chi connectivity index (χ1v) is 7.49. The van der Waals surface area contributed by atoms with Crippen LogP contribution in [-0.2, 0) is 6.61 Å². The van der Waals surface area contributed by atoms with E-state index in [4.69, 9.17) is 5.11 Å². The van der Waals surface area contributed by atoms with Crippen molar-refractivity contribution in [3.8, 4) is 0 Å². The molecule has 0 aliphatic rings. The van der Waals surface area contributed by atoms with Gasteiger partial charge in [0.25, 0.3) is 0 Å². The molecule has 1 rings (SSSR count). The molecular formula is C17H30O. The van der Waals surface area contributed by atoms with E-state index in [0.717, 1.165) is 5.56 Å². The van der Waals surface area contributed by atoms with E-state index in [9.17, 15) is 0 Å². The number of hydrogen-bond acceptors (Lipinski definition) is 1. The highest BCUT2D eigenvalue weighted by Crippen LogP contribution is 2.07. The van der Waals surface area contributed by atoms with Crippen molar-refractivity contribution in [3.05, 3.63) is 35.9 Å². The molecule has 0 aliphatic carbocycles. The Morgan fingerprint density at radius 1 is 0.722 bits per heavy atom. The van der Waals surface area contributed by atoms with Crippen LogP contribution in [0.3, 0.4) is 0 Å². The van der Waals surface area contributed by atoms with Crippen molar-refractivity contribution in [3.63, 3.8) is 0 Å². The summed E-state index contributed by atoms with van der Waals surface area (Å²) in [6.45, 7) is 4.68. The van der Waals surface area contributed by atoms with Crippen molar-refractivity contribution < 1.29 is 5.11 Å². The third-order valence-electron chi connectivity index (χ3n) is 2.98. The lowest BCUT2D eigenvalue weighted by atomic mass is 10.1. The standard InChI is InChI=1S/C10H22.C7H8O/c1-3-5-7-9-10-8-6-4-2;8-6-7-4-2-1-3-5-7/h3-10H2,1-2H3;1-5,8H,6H2. The number of unbranched alkanes of at least 4 members (excludes halogenated alkanes) is 7. The molecule has 1 aromatic carbocycles. The van der Waals surface area contributed by atoms with E-state index in [0.29, 0.717) is 0 Å². The first kappa shape index (κ1) is 17.2. The van der Waals surface area contributed by atoms with E-state index < -0.39 is 0 Å². The summed E-state index contributed by atoms with van der Waals surface area (Å²) in [7, 11) is 0. The van der Waals surface area contributed by atoms with E-state index in [-0.39, 0.29) is 6.61 Å². The summed E-state index contributed by atoms with van der Waals surface area (Å²) < 4.78 is 0. The van der Waals surface area contributed by atoms with Crippen LogP contribution in [0.2, 0.25) is 0 Å². The Hall–Kier alpha value is -0.820. The molecule has 0 fully saturated rings. The van der Waals surface area contributed by atoms with Gasteiger partial charge in [-0.3, -0.25) is 0 Å². The summed E-state index contributed by atoms with van der Waals surface area (Å²) >= 11 is 0. The predicted octanol–water partition coefficient (Wildman–Crippen LogP) is 5.33. The number of benzene rings is 1. The molecule has 1 heteroatoms. The van der Waals surface area contributed by atoms with E-state index >= 15 is 0 Å². The Morgan fingerprint density at radius 3 is 1.50 bits per heavy atom. The molecule has 0 radical (unpaired) electrons. The van der Waals surface area contributed by atoms with Gasteiger partial charge >= 0.3 is 0 Å². The quantitative estimate of drug-likeness (QED) is 0.619. The van der Waals surface area contributed by atoms with Crippen molar-refractivity contribution in [1.29, 1.82) is 0 Å². The first-order chi connectivity index (χ1) is 8.85. The van der Waals surface area contributed by atoms with Crippen LogP contribution in [0.15, 0.2) is 30.3 Å². The molecule has 18 heavy (non-hydrogen) atoms. The molecule has 1 nitrogen and oxygen atoms in total. The summed E-state index contributed by atoms with van der Waals surface area (Å²) in [5.41, 5.74) is 0.965. The molecule has 1 aromatic rings. The fourth-order valence-electron chi connectivity index (χ4n) is 1.79. The van der Waals surface area contributed by atoms with Crippen molar-refractivity contribution in [2.75, 3.05) is 0 Å². The zero-order valence-corrected chi connectivity index (χ0v) is 12.2. The van der Waals surface area contributed by atoms with Gasteiger partial charge in [0.15, 0.2) is 0 Å². The van der Waals surface area contributed by atoms with Gasteiger partial charge in [-0.15, -0.1) is 0 Å². The van der Waals surface area contributed by atoms with Crippen molar-refractivity contribution in [1.82, 2.24) is 0 Å². The van der Waals surface area contributed by atoms with E-state index in [2.05, 4.69) is 13.8 Å². The molecule has 0 aromatic heterocycles. The van der Waals surface area contributed by atoms with Crippen LogP contribution in [-0.4, -0.2) is 5.11 Å². The summed E-state index contributed by atoms with van der Waals surface area (Å²) in [5, 5.41) is 8.54. The molecule has 0 unspecified atom stereocenters. The van der Waals surface area contributed by atoms with Gasteiger partial charge < -0.3 is 5.11 Å². The third kappa shape index (κ3) is 11.7. The lowest BCUT2D eigenvalue weighted by Crippen LogP contribution is -1.77. The van der Waals surface area contributed by atoms with Gasteiger partial charge in [0.2, 0.25) is 0 Å². The minimum absolute atomic E-state index is 0.140. The number of rotatable bonds is 8. The third-order valence-corrected chi connectivity index (χ3v) is 2.98. The monoisotopic (exact) mass is 250 g/mol. The highest BCUT2D eigenvalue weighted by atomic mass is 16.3. The van der Waals surface area contributed by atoms with Crippen LogP contribution in [0.25, 0.3) is 0 Å². The minimum Gasteiger partial charge on any atom is -0.392 e. The maximum absolute atomic E-state index is 8.54. The van der Waals surface area contributed by atoms with Crippen molar-refractivity contribution >= 4 is 0 Å². The molecule has 1 N–H and O–H groups in total. The summed E-state index contributed by atoms with van der Waals surface area (Å²) in [5.74, 6) is 0. The fourth-order valence-corrected chi connectivity index (χ4v) is 1.79. The predicted molar refractivity (Wildman–Crippen MR) is 80.6 cm³/mol. The molecule has 0 atom stereocenters. The average Bonchev–Trinajstić information content (AvgIpc) is 2.44. The normalized spacial score (nSPS) is 9.72. The maximum Gasteiger partial charge on any atom is 0.0681 e. The van der Waals surface area contributed by atoms with E-state index in [1.807, 2.05) is 30.3 Å². The summed E-state index contributed by atoms with van der Waals surface area (Å²) in [4.78, 5) is 0.